The largest absolute Gasteiger partial charge is 0.457 e. The van der Waals surface area contributed by atoms with Crippen molar-refractivity contribution < 1.29 is 27.1 Å². The van der Waals surface area contributed by atoms with Crippen LogP contribution in [0.4, 0.5) is 10.1 Å². The summed E-state index contributed by atoms with van der Waals surface area (Å²) in [6.07, 6.45) is 2.65. The summed E-state index contributed by atoms with van der Waals surface area (Å²) >= 11 is 0. The number of carbonyl (C=O) groups is 2. The van der Waals surface area contributed by atoms with Crippen molar-refractivity contribution in [3.8, 4) is 11.5 Å². The fourth-order valence-corrected chi connectivity index (χ4v) is 4.70. The van der Waals surface area contributed by atoms with Gasteiger partial charge < -0.3 is 15.0 Å². The van der Waals surface area contributed by atoms with Gasteiger partial charge in [0.2, 0.25) is 21.8 Å². The minimum Gasteiger partial charge on any atom is -0.457 e. The van der Waals surface area contributed by atoms with Crippen LogP contribution in [0.3, 0.4) is 0 Å². The van der Waals surface area contributed by atoms with E-state index in [4.69, 9.17) is 4.74 Å². The van der Waals surface area contributed by atoms with Crippen LogP contribution in [0.2, 0.25) is 0 Å². The highest BCUT2D eigenvalue weighted by Crippen LogP contribution is 2.26. The molecule has 0 radical (unpaired) electrons. The van der Waals surface area contributed by atoms with E-state index >= 15 is 0 Å². The van der Waals surface area contributed by atoms with E-state index in [0.717, 1.165) is 23.4 Å². The average Bonchev–Trinajstić information content (AvgIpc) is 2.91. The molecule has 0 bridgehead atoms. The minimum absolute atomic E-state index is 0.199. The number of anilines is 1. The molecule has 0 unspecified atom stereocenters. The predicted octanol–water partition coefficient (Wildman–Crippen LogP) is 4.72. The van der Waals surface area contributed by atoms with Gasteiger partial charge in [0, 0.05) is 18.7 Å². The van der Waals surface area contributed by atoms with Crippen LogP contribution < -0.4 is 14.4 Å². The minimum atomic E-state index is -3.89. The third-order valence-electron chi connectivity index (χ3n) is 6.08. The fourth-order valence-electron chi connectivity index (χ4n) is 3.85. The van der Waals surface area contributed by atoms with Gasteiger partial charge in [0.1, 0.15) is 29.9 Å². The van der Waals surface area contributed by atoms with Gasteiger partial charge in [-0.2, -0.15) is 0 Å². The summed E-state index contributed by atoms with van der Waals surface area (Å²) in [5.41, 5.74) is 0.463. The molecule has 3 rings (SSSR count). The van der Waals surface area contributed by atoms with Crippen molar-refractivity contribution in [2.45, 2.75) is 39.3 Å². The number of amides is 2. The number of carbonyl (C=O) groups excluding carboxylic acids is 2. The van der Waals surface area contributed by atoms with Crippen molar-refractivity contribution in [2.75, 3.05) is 23.7 Å². The molecule has 3 aromatic carbocycles. The maximum atomic E-state index is 14.5. The summed E-state index contributed by atoms with van der Waals surface area (Å²) in [6.45, 7) is 3.20. The van der Waals surface area contributed by atoms with Crippen LogP contribution in [0.5, 0.6) is 11.5 Å². The fraction of sp³-hybridized carbons (Fsp3) is 0.310. The van der Waals surface area contributed by atoms with Crippen molar-refractivity contribution in [1.82, 2.24) is 10.2 Å². The lowest BCUT2D eigenvalue weighted by molar-refractivity contribution is -0.139. The molecular formula is C29H34FN3O5S. The molecule has 0 saturated heterocycles. The third kappa shape index (κ3) is 8.54. The zero-order valence-corrected chi connectivity index (χ0v) is 23.2. The first-order valence-electron chi connectivity index (χ1n) is 12.7. The van der Waals surface area contributed by atoms with Gasteiger partial charge in [-0.05, 0) is 55.8 Å². The quantitative estimate of drug-likeness (QED) is 0.308. The number of sulfonamides is 1. The van der Waals surface area contributed by atoms with E-state index in [-0.39, 0.29) is 17.8 Å². The van der Waals surface area contributed by atoms with Crippen molar-refractivity contribution in [3.63, 3.8) is 0 Å². The standard InChI is InChI=1S/C29H34FN3O5S/c1-4-5-19-31-29(35)22(2)32(20-23-11-9-10-14-27(23)30)28(34)21-33(39(3,36)37)24-15-17-26(18-16-24)38-25-12-7-6-8-13-25/h6-18,22H,4-5,19-21H2,1-3H3,(H,31,35)/t22-/m1/s1. The number of halogens is 1. The molecule has 8 nitrogen and oxygen atoms in total. The number of para-hydroxylation sites is 1. The molecule has 39 heavy (non-hydrogen) atoms. The van der Waals surface area contributed by atoms with Gasteiger partial charge in [0.15, 0.2) is 0 Å². The molecule has 0 aliphatic rings. The molecule has 0 fully saturated rings. The Hall–Kier alpha value is -3.92. The summed E-state index contributed by atoms with van der Waals surface area (Å²) in [5.74, 6) is -0.464. The van der Waals surface area contributed by atoms with Gasteiger partial charge in [-0.1, -0.05) is 49.7 Å². The molecule has 0 saturated carbocycles. The van der Waals surface area contributed by atoms with E-state index < -0.39 is 40.2 Å². The van der Waals surface area contributed by atoms with E-state index in [1.165, 1.54) is 35.2 Å². The van der Waals surface area contributed by atoms with Crippen LogP contribution in [-0.4, -0.2) is 50.5 Å². The molecule has 1 N–H and O–H groups in total. The Bertz CT molecular complexity index is 1350. The maximum Gasteiger partial charge on any atom is 0.244 e. The second-order valence-corrected chi connectivity index (χ2v) is 11.0. The molecule has 208 valence electrons. The maximum absolute atomic E-state index is 14.5. The molecule has 0 spiro atoms. The summed E-state index contributed by atoms with van der Waals surface area (Å²) in [4.78, 5) is 27.6. The molecule has 3 aromatic rings. The summed E-state index contributed by atoms with van der Waals surface area (Å²) in [7, 11) is -3.89. The first kappa shape index (κ1) is 29.6. The van der Waals surface area contributed by atoms with E-state index in [1.54, 1.807) is 37.3 Å². The van der Waals surface area contributed by atoms with Crippen molar-refractivity contribution in [1.29, 1.82) is 0 Å². The highest BCUT2D eigenvalue weighted by Gasteiger charge is 2.30. The zero-order valence-electron chi connectivity index (χ0n) is 22.3. The molecular weight excluding hydrogens is 521 g/mol. The molecule has 0 heterocycles. The predicted molar refractivity (Wildman–Crippen MR) is 149 cm³/mol. The Morgan fingerprint density at radius 3 is 2.18 bits per heavy atom. The normalized spacial score (nSPS) is 11.9. The monoisotopic (exact) mass is 555 g/mol. The topological polar surface area (TPSA) is 96.0 Å². The molecule has 0 aliphatic heterocycles. The van der Waals surface area contributed by atoms with Crippen LogP contribution in [0.15, 0.2) is 78.9 Å². The summed E-state index contributed by atoms with van der Waals surface area (Å²) in [5, 5.41) is 2.79. The van der Waals surface area contributed by atoms with Crippen molar-refractivity contribution >= 4 is 27.5 Å². The zero-order chi connectivity index (χ0) is 28.4. The highest BCUT2D eigenvalue weighted by molar-refractivity contribution is 7.92. The first-order valence-corrected chi connectivity index (χ1v) is 14.6. The van der Waals surface area contributed by atoms with Crippen LogP contribution >= 0.6 is 0 Å². The summed E-state index contributed by atoms with van der Waals surface area (Å²) < 4.78 is 46.7. The molecule has 2 amide bonds. The molecule has 0 aromatic heterocycles. The van der Waals surface area contributed by atoms with Gasteiger partial charge in [-0.25, -0.2) is 12.8 Å². The number of hydrogen-bond acceptors (Lipinski definition) is 5. The lowest BCUT2D eigenvalue weighted by Crippen LogP contribution is -2.51. The van der Waals surface area contributed by atoms with E-state index in [9.17, 15) is 22.4 Å². The van der Waals surface area contributed by atoms with Gasteiger partial charge in [-0.15, -0.1) is 0 Å². The second-order valence-electron chi connectivity index (χ2n) is 9.11. The number of benzene rings is 3. The smallest absolute Gasteiger partial charge is 0.244 e. The molecule has 0 aliphatic carbocycles. The molecule has 1 atom stereocenters. The second kappa shape index (κ2) is 13.7. The van der Waals surface area contributed by atoms with Gasteiger partial charge in [0.25, 0.3) is 0 Å². The Morgan fingerprint density at radius 1 is 0.949 bits per heavy atom. The van der Waals surface area contributed by atoms with E-state index in [2.05, 4.69) is 5.32 Å². The number of nitrogens with zero attached hydrogens (tertiary/aromatic N) is 2. The highest BCUT2D eigenvalue weighted by atomic mass is 32.2. The van der Waals surface area contributed by atoms with Crippen molar-refractivity contribution in [3.05, 3.63) is 90.2 Å². The first-order chi connectivity index (χ1) is 18.6. The van der Waals surface area contributed by atoms with E-state index in [0.29, 0.717) is 18.0 Å². The number of nitrogens with one attached hydrogen (secondary N) is 1. The number of rotatable bonds is 13. The Kier molecular flexibility index (Phi) is 10.4. The lowest BCUT2D eigenvalue weighted by atomic mass is 10.1. The Morgan fingerprint density at radius 2 is 1.56 bits per heavy atom. The molecule has 10 heteroatoms. The van der Waals surface area contributed by atoms with Gasteiger partial charge in [-0.3, -0.25) is 13.9 Å². The Balaban J connectivity index is 1.85. The van der Waals surface area contributed by atoms with Crippen LogP contribution in [0.25, 0.3) is 0 Å². The SMILES string of the molecule is CCCCNC(=O)[C@@H](C)N(Cc1ccccc1F)C(=O)CN(c1ccc(Oc2ccccc2)cc1)S(C)(=O)=O. The number of hydrogen-bond donors (Lipinski definition) is 1. The Labute approximate surface area is 229 Å². The number of unbranched alkanes of at least 4 members (excludes halogenated alkanes) is 1. The van der Waals surface area contributed by atoms with E-state index in [1.807, 2.05) is 25.1 Å². The van der Waals surface area contributed by atoms with Gasteiger partial charge >= 0.3 is 0 Å². The number of ether oxygens (including phenoxy) is 1. The van der Waals surface area contributed by atoms with Crippen LogP contribution in [0, 0.1) is 5.82 Å². The van der Waals surface area contributed by atoms with Crippen LogP contribution in [0.1, 0.15) is 32.3 Å². The summed E-state index contributed by atoms with van der Waals surface area (Å²) in [6, 6.07) is 20.4. The average molecular weight is 556 g/mol. The lowest BCUT2D eigenvalue weighted by Gasteiger charge is -2.31. The van der Waals surface area contributed by atoms with Crippen molar-refractivity contribution in [2.24, 2.45) is 0 Å². The third-order valence-corrected chi connectivity index (χ3v) is 7.22. The van der Waals surface area contributed by atoms with Gasteiger partial charge in [0.05, 0.1) is 11.9 Å². The van der Waals surface area contributed by atoms with Crippen LogP contribution in [-0.2, 0) is 26.2 Å².